The van der Waals surface area contributed by atoms with Crippen molar-refractivity contribution in [3.05, 3.63) is 29.8 Å². The van der Waals surface area contributed by atoms with Crippen LogP contribution in [0.4, 0.5) is 19.3 Å². The molecule has 1 aromatic rings. The largest absolute Gasteiger partial charge is 0.371 e. The molecular formula is C12H15F2N3O2. The number of carbonyl (C=O) groups excluding carboxylic acids is 2. The van der Waals surface area contributed by atoms with Gasteiger partial charge in [0, 0.05) is 6.54 Å². The van der Waals surface area contributed by atoms with Gasteiger partial charge in [-0.05, 0) is 32.0 Å². The van der Waals surface area contributed by atoms with E-state index >= 15 is 0 Å². The molecule has 0 aliphatic rings. The highest BCUT2D eigenvalue weighted by Gasteiger charge is 2.16. The number of benzene rings is 1. The van der Waals surface area contributed by atoms with E-state index in [-0.39, 0.29) is 5.69 Å². The topological polar surface area (TPSA) is 70.2 Å². The number of hydrogen-bond donors (Lipinski definition) is 3. The number of anilines is 1. The number of nitrogens with one attached hydrogen (secondary N) is 3. The number of halogens is 2. The minimum atomic E-state index is -0.890. The molecule has 104 valence electrons. The second-order valence-electron chi connectivity index (χ2n) is 3.84. The quantitative estimate of drug-likeness (QED) is 0.779. The Labute approximate surface area is 109 Å². The number of amides is 3. The molecule has 0 fully saturated rings. The van der Waals surface area contributed by atoms with E-state index in [4.69, 9.17) is 0 Å². The van der Waals surface area contributed by atoms with Crippen LogP contribution in [0.2, 0.25) is 0 Å². The van der Waals surface area contributed by atoms with Crippen LogP contribution in [0.1, 0.15) is 13.8 Å². The molecule has 19 heavy (non-hydrogen) atoms. The van der Waals surface area contributed by atoms with Crippen LogP contribution >= 0.6 is 0 Å². The lowest BCUT2D eigenvalue weighted by molar-refractivity contribution is -0.120. The van der Waals surface area contributed by atoms with Crippen molar-refractivity contribution in [2.24, 2.45) is 0 Å². The molecule has 3 amide bonds. The molecule has 1 rings (SSSR count). The molecule has 0 aromatic heterocycles. The van der Waals surface area contributed by atoms with Crippen LogP contribution in [0.3, 0.4) is 0 Å². The zero-order valence-corrected chi connectivity index (χ0v) is 10.6. The van der Waals surface area contributed by atoms with Gasteiger partial charge in [0.05, 0.1) is 5.69 Å². The molecule has 0 aliphatic heterocycles. The predicted octanol–water partition coefficient (Wildman–Crippen LogP) is 1.61. The predicted molar refractivity (Wildman–Crippen MR) is 66.7 cm³/mol. The highest BCUT2D eigenvalue weighted by molar-refractivity contribution is 5.97. The monoisotopic (exact) mass is 271 g/mol. The van der Waals surface area contributed by atoms with Crippen LogP contribution in [0.25, 0.3) is 0 Å². The van der Waals surface area contributed by atoms with Crippen molar-refractivity contribution in [1.29, 1.82) is 0 Å². The number of rotatable bonds is 4. The molecule has 0 bridgehead atoms. The number of carbonyl (C=O) groups is 2. The summed E-state index contributed by atoms with van der Waals surface area (Å²) in [7, 11) is 0. The summed E-state index contributed by atoms with van der Waals surface area (Å²) in [6, 6.07) is 1.33. The molecule has 0 saturated heterocycles. The van der Waals surface area contributed by atoms with Crippen molar-refractivity contribution >= 4 is 17.6 Å². The molecule has 1 atom stereocenters. The maximum Gasteiger partial charge on any atom is 0.321 e. The van der Waals surface area contributed by atoms with E-state index in [1.165, 1.54) is 6.92 Å². The smallest absolute Gasteiger partial charge is 0.321 e. The zero-order chi connectivity index (χ0) is 14.4. The number of imide groups is 1. The summed E-state index contributed by atoms with van der Waals surface area (Å²) in [4.78, 5) is 22.7. The SMILES string of the molecule is CCNC(=O)NC(=O)C(C)Nc1cc(F)ccc1F. The van der Waals surface area contributed by atoms with Gasteiger partial charge in [-0.25, -0.2) is 13.6 Å². The molecule has 0 aliphatic carbocycles. The van der Waals surface area contributed by atoms with Gasteiger partial charge in [0.15, 0.2) is 0 Å². The summed E-state index contributed by atoms with van der Waals surface area (Å²) < 4.78 is 26.3. The van der Waals surface area contributed by atoms with Crippen LogP contribution in [0.5, 0.6) is 0 Å². The maximum atomic E-state index is 13.3. The Morgan fingerprint density at radius 3 is 2.63 bits per heavy atom. The normalized spacial score (nSPS) is 11.6. The van der Waals surface area contributed by atoms with E-state index in [9.17, 15) is 18.4 Å². The third kappa shape index (κ3) is 4.53. The summed E-state index contributed by atoms with van der Waals surface area (Å²) in [5.74, 6) is -1.95. The highest BCUT2D eigenvalue weighted by atomic mass is 19.1. The first kappa shape index (κ1) is 14.9. The maximum absolute atomic E-state index is 13.3. The fourth-order valence-corrected chi connectivity index (χ4v) is 1.33. The van der Waals surface area contributed by atoms with Crippen LogP contribution in [0.15, 0.2) is 18.2 Å². The number of urea groups is 1. The summed E-state index contributed by atoms with van der Waals surface area (Å²) >= 11 is 0. The van der Waals surface area contributed by atoms with Gasteiger partial charge >= 0.3 is 6.03 Å². The van der Waals surface area contributed by atoms with Crippen molar-refractivity contribution in [1.82, 2.24) is 10.6 Å². The zero-order valence-electron chi connectivity index (χ0n) is 10.6. The molecule has 0 saturated carbocycles. The summed E-state index contributed by atoms with van der Waals surface area (Å²) in [6.07, 6.45) is 0. The molecule has 3 N–H and O–H groups in total. The van der Waals surface area contributed by atoms with Crippen LogP contribution in [-0.2, 0) is 4.79 Å². The first-order chi connectivity index (χ1) is 8.93. The third-order valence-electron chi connectivity index (χ3n) is 2.27. The van der Waals surface area contributed by atoms with E-state index < -0.39 is 29.6 Å². The van der Waals surface area contributed by atoms with E-state index in [1.54, 1.807) is 6.92 Å². The second-order valence-corrected chi connectivity index (χ2v) is 3.84. The average molecular weight is 271 g/mol. The van der Waals surface area contributed by atoms with Crippen molar-refractivity contribution in [3.63, 3.8) is 0 Å². The summed E-state index contributed by atoms with van der Waals surface area (Å²) in [5.41, 5.74) is -0.140. The highest BCUT2D eigenvalue weighted by Crippen LogP contribution is 2.16. The van der Waals surface area contributed by atoms with E-state index in [0.717, 1.165) is 18.2 Å². The van der Waals surface area contributed by atoms with Gasteiger partial charge in [-0.1, -0.05) is 0 Å². The molecule has 0 heterocycles. The lowest BCUT2D eigenvalue weighted by Gasteiger charge is -2.15. The molecular weight excluding hydrogens is 256 g/mol. The van der Waals surface area contributed by atoms with Crippen molar-refractivity contribution in [2.45, 2.75) is 19.9 Å². The van der Waals surface area contributed by atoms with Crippen LogP contribution in [-0.4, -0.2) is 24.5 Å². The van der Waals surface area contributed by atoms with Gasteiger partial charge in [-0.2, -0.15) is 0 Å². The van der Waals surface area contributed by atoms with Crippen molar-refractivity contribution < 1.29 is 18.4 Å². The van der Waals surface area contributed by atoms with E-state index in [1.807, 2.05) is 0 Å². The van der Waals surface area contributed by atoms with Gasteiger partial charge in [0.1, 0.15) is 17.7 Å². The van der Waals surface area contributed by atoms with Crippen LogP contribution in [0, 0.1) is 11.6 Å². The second kappa shape index (κ2) is 6.67. The molecule has 0 radical (unpaired) electrons. The lowest BCUT2D eigenvalue weighted by Crippen LogP contribution is -2.45. The minimum absolute atomic E-state index is 0.140. The first-order valence-electron chi connectivity index (χ1n) is 5.74. The fourth-order valence-electron chi connectivity index (χ4n) is 1.33. The van der Waals surface area contributed by atoms with Gasteiger partial charge in [-0.3, -0.25) is 10.1 Å². The van der Waals surface area contributed by atoms with Crippen molar-refractivity contribution in [2.75, 3.05) is 11.9 Å². The Balaban J connectivity index is 2.63. The molecule has 0 spiro atoms. The summed E-state index contributed by atoms with van der Waals surface area (Å²) in [6.45, 7) is 3.51. The number of hydrogen-bond acceptors (Lipinski definition) is 3. The third-order valence-corrected chi connectivity index (χ3v) is 2.27. The Morgan fingerprint density at radius 1 is 1.32 bits per heavy atom. The molecule has 5 nitrogen and oxygen atoms in total. The first-order valence-corrected chi connectivity index (χ1v) is 5.74. The van der Waals surface area contributed by atoms with Crippen molar-refractivity contribution in [3.8, 4) is 0 Å². The minimum Gasteiger partial charge on any atom is -0.371 e. The Morgan fingerprint density at radius 2 is 2.00 bits per heavy atom. The van der Waals surface area contributed by atoms with E-state index in [2.05, 4.69) is 16.0 Å². The molecule has 1 aromatic carbocycles. The molecule has 1 unspecified atom stereocenters. The van der Waals surface area contributed by atoms with Gasteiger partial charge < -0.3 is 10.6 Å². The van der Waals surface area contributed by atoms with E-state index in [0.29, 0.717) is 6.54 Å². The molecule has 7 heteroatoms. The average Bonchev–Trinajstić information content (AvgIpc) is 2.34. The summed E-state index contributed by atoms with van der Waals surface area (Å²) in [5, 5.41) is 6.94. The fraction of sp³-hybridized carbons (Fsp3) is 0.333. The standard InChI is InChI=1S/C12H15F2N3O2/c1-3-15-12(19)17-11(18)7(2)16-10-6-8(13)4-5-9(10)14/h4-7,16H,3H2,1-2H3,(H2,15,17,18,19). The van der Waals surface area contributed by atoms with Crippen LogP contribution < -0.4 is 16.0 Å². The Hall–Kier alpha value is -2.18. The Kier molecular flexibility index (Phi) is 5.23. The lowest BCUT2D eigenvalue weighted by atomic mass is 10.2. The van der Waals surface area contributed by atoms with Gasteiger partial charge in [0.2, 0.25) is 5.91 Å². The Bertz CT molecular complexity index is 480. The van der Waals surface area contributed by atoms with Gasteiger partial charge in [0.25, 0.3) is 0 Å². The van der Waals surface area contributed by atoms with Gasteiger partial charge in [-0.15, -0.1) is 0 Å².